The van der Waals surface area contributed by atoms with Crippen LogP contribution in [0, 0.1) is 0 Å². The van der Waals surface area contributed by atoms with Crippen molar-refractivity contribution in [1.29, 1.82) is 0 Å². The largest absolute Gasteiger partial charge is 0.488 e. The van der Waals surface area contributed by atoms with Crippen LogP contribution >= 0.6 is 11.8 Å². The summed E-state index contributed by atoms with van der Waals surface area (Å²) in [5, 5.41) is 1.51. The van der Waals surface area contributed by atoms with Gasteiger partial charge in [-0.3, -0.25) is 19.3 Å². The summed E-state index contributed by atoms with van der Waals surface area (Å²) in [5.41, 5.74) is 1.77. The number of benzene rings is 3. The molecule has 0 aliphatic carbocycles. The maximum atomic E-state index is 13.2. The molecule has 0 spiro atoms. The second-order valence-electron chi connectivity index (χ2n) is 8.68. The molecule has 0 aromatic heterocycles. The summed E-state index contributed by atoms with van der Waals surface area (Å²) < 4.78 is 6.15. The minimum Gasteiger partial charge on any atom is -0.488 e. The van der Waals surface area contributed by atoms with E-state index in [1.54, 1.807) is 11.0 Å². The average molecular weight is 487 g/mol. The normalized spacial score (nSPS) is 17.4. The van der Waals surface area contributed by atoms with Gasteiger partial charge in [0.1, 0.15) is 18.9 Å². The van der Waals surface area contributed by atoms with Gasteiger partial charge in [-0.25, -0.2) is 0 Å². The van der Waals surface area contributed by atoms with E-state index in [4.69, 9.17) is 4.74 Å². The van der Waals surface area contributed by atoms with Gasteiger partial charge in [0.05, 0.1) is 4.91 Å². The van der Waals surface area contributed by atoms with E-state index in [1.807, 2.05) is 66.7 Å². The molecule has 6 nitrogen and oxygen atoms in total. The Morgan fingerprint density at radius 2 is 1.66 bits per heavy atom. The minimum absolute atomic E-state index is 0.176. The molecule has 7 heteroatoms. The minimum atomic E-state index is -0.438. The Morgan fingerprint density at radius 3 is 2.46 bits per heavy atom. The fourth-order valence-corrected chi connectivity index (χ4v) is 5.25. The van der Waals surface area contributed by atoms with E-state index in [1.165, 1.54) is 0 Å². The molecule has 2 aliphatic heterocycles. The Balaban J connectivity index is 1.42. The number of carbonyl (C=O) groups is 3. The number of hydrogen-bond donors (Lipinski definition) is 0. The summed E-state index contributed by atoms with van der Waals surface area (Å²) in [5.74, 6) is 0.0151. The summed E-state index contributed by atoms with van der Waals surface area (Å²) in [4.78, 5) is 41.6. The summed E-state index contributed by atoms with van der Waals surface area (Å²) in [7, 11) is 0. The lowest BCUT2D eigenvalue weighted by Gasteiger charge is -2.27. The molecule has 2 heterocycles. The van der Waals surface area contributed by atoms with Crippen LogP contribution in [-0.4, -0.2) is 46.5 Å². The molecule has 3 aromatic carbocycles. The highest BCUT2D eigenvalue weighted by Gasteiger charge is 2.37. The van der Waals surface area contributed by atoms with Gasteiger partial charge in [-0.15, -0.1) is 0 Å². The number of likely N-dealkylation sites (tertiary alicyclic amines) is 1. The molecule has 35 heavy (non-hydrogen) atoms. The SMILES string of the molecule is O=C(CN1C(=O)S/C(=C\c2c(OCc3ccccc3)ccc3ccccc23)C1=O)N1CCCCC1. The monoisotopic (exact) mass is 486 g/mol. The Labute approximate surface area is 208 Å². The zero-order chi connectivity index (χ0) is 24.2. The summed E-state index contributed by atoms with van der Waals surface area (Å²) in [6, 6.07) is 21.6. The summed E-state index contributed by atoms with van der Waals surface area (Å²) >= 11 is 0.869. The number of imide groups is 1. The van der Waals surface area contributed by atoms with E-state index in [-0.39, 0.29) is 12.5 Å². The predicted octanol–water partition coefficient (Wildman–Crippen LogP) is 5.47. The van der Waals surface area contributed by atoms with E-state index in [0.29, 0.717) is 30.4 Å². The fourth-order valence-electron chi connectivity index (χ4n) is 4.43. The molecule has 2 aliphatic rings. The summed E-state index contributed by atoms with van der Waals surface area (Å²) in [6.07, 6.45) is 4.74. The molecule has 0 saturated carbocycles. The van der Waals surface area contributed by atoms with Crippen LogP contribution in [0.3, 0.4) is 0 Å². The predicted molar refractivity (Wildman–Crippen MR) is 138 cm³/mol. The molecule has 2 saturated heterocycles. The number of nitrogens with zero attached hydrogens (tertiary/aromatic N) is 2. The van der Waals surface area contributed by atoms with Crippen LogP contribution in [0.15, 0.2) is 71.6 Å². The zero-order valence-electron chi connectivity index (χ0n) is 19.3. The number of ether oxygens (including phenoxy) is 1. The van der Waals surface area contributed by atoms with Crippen molar-refractivity contribution in [2.45, 2.75) is 25.9 Å². The van der Waals surface area contributed by atoms with E-state index in [2.05, 4.69) is 0 Å². The number of rotatable bonds is 6. The molecule has 2 fully saturated rings. The second kappa shape index (κ2) is 10.4. The van der Waals surface area contributed by atoms with Gasteiger partial charge in [-0.05, 0) is 59.5 Å². The second-order valence-corrected chi connectivity index (χ2v) is 9.68. The van der Waals surface area contributed by atoms with Crippen molar-refractivity contribution in [3.63, 3.8) is 0 Å². The van der Waals surface area contributed by atoms with Gasteiger partial charge in [0, 0.05) is 18.7 Å². The van der Waals surface area contributed by atoms with Crippen LogP contribution in [-0.2, 0) is 16.2 Å². The Morgan fingerprint density at radius 1 is 0.914 bits per heavy atom. The van der Waals surface area contributed by atoms with Crippen molar-refractivity contribution in [1.82, 2.24) is 9.80 Å². The molecule has 0 atom stereocenters. The zero-order valence-corrected chi connectivity index (χ0v) is 20.1. The molecule has 0 bridgehead atoms. The Bertz CT molecular complexity index is 1300. The van der Waals surface area contributed by atoms with Gasteiger partial charge >= 0.3 is 0 Å². The number of hydrogen-bond acceptors (Lipinski definition) is 5. The van der Waals surface area contributed by atoms with E-state index in [0.717, 1.165) is 57.8 Å². The number of carbonyl (C=O) groups excluding carboxylic acids is 3. The quantitative estimate of drug-likeness (QED) is 0.433. The van der Waals surface area contributed by atoms with E-state index < -0.39 is 11.1 Å². The number of piperidine rings is 1. The third-order valence-corrected chi connectivity index (χ3v) is 7.23. The number of amides is 3. The highest BCUT2D eigenvalue weighted by Crippen LogP contribution is 2.37. The summed E-state index contributed by atoms with van der Waals surface area (Å²) in [6.45, 7) is 1.53. The van der Waals surface area contributed by atoms with Gasteiger partial charge in [-0.1, -0.05) is 60.7 Å². The van der Waals surface area contributed by atoms with Crippen molar-refractivity contribution in [2.24, 2.45) is 0 Å². The molecule has 178 valence electrons. The highest BCUT2D eigenvalue weighted by molar-refractivity contribution is 8.18. The van der Waals surface area contributed by atoms with Crippen LogP contribution in [0.4, 0.5) is 4.79 Å². The average Bonchev–Trinajstić information content (AvgIpc) is 3.16. The number of fused-ring (bicyclic) bond motifs is 1. The van der Waals surface area contributed by atoms with Gasteiger partial charge in [0.25, 0.3) is 11.1 Å². The molecule has 5 rings (SSSR count). The molecular formula is C28H26N2O4S. The van der Waals surface area contributed by atoms with Crippen molar-refractivity contribution >= 4 is 45.7 Å². The Hall–Kier alpha value is -3.58. The first kappa shape index (κ1) is 23.2. The lowest BCUT2D eigenvalue weighted by Crippen LogP contribution is -2.44. The van der Waals surface area contributed by atoms with Crippen LogP contribution < -0.4 is 4.74 Å². The smallest absolute Gasteiger partial charge is 0.294 e. The van der Waals surface area contributed by atoms with Crippen LogP contribution in [0.2, 0.25) is 0 Å². The third-order valence-electron chi connectivity index (χ3n) is 6.32. The third kappa shape index (κ3) is 5.10. The first-order chi connectivity index (χ1) is 17.1. The fraction of sp³-hybridized carbons (Fsp3) is 0.250. The van der Waals surface area contributed by atoms with E-state index in [9.17, 15) is 14.4 Å². The Kier molecular flexibility index (Phi) is 6.86. The van der Waals surface area contributed by atoms with Gasteiger partial charge in [0.15, 0.2) is 0 Å². The van der Waals surface area contributed by atoms with E-state index >= 15 is 0 Å². The molecule has 3 amide bonds. The first-order valence-corrected chi connectivity index (χ1v) is 12.6. The maximum absolute atomic E-state index is 13.2. The maximum Gasteiger partial charge on any atom is 0.294 e. The lowest BCUT2D eigenvalue weighted by molar-refractivity contribution is -0.136. The van der Waals surface area contributed by atoms with Crippen LogP contribution in [0.1, 0.15) is 30.4 Å². The van der Waals surface area contributed by atoms with Gasteiger partial charge in [0.2, 0.25) is 5.91 Å². The first-order valence-electron chi connectivity index (χ1n) is 11.8. The van der Waals surface area contributed by atoms with Crippen LogP contribution in [0.5, 0.6) is 5.75 Å². The molecule has 3 aromatic rings. The molecular weight excluding hydrogens is 460 g/mol. The molecule has 0 radical (unpaired) electrons. The van der Waals surface area contributed by atoms with Gasteiger partial charge < -0.3 is 9.64 Å². The van der Waals surface area contributed by atoms with Crippen LogP contribution in [0.25, 0.3) is 16.8 Å². The lowest BCUT2D eigenvalue weighted by atomic mass is 10.0. The molecule has 0 unspecified atom stereocenters. The van der Waals surface area contributed by atoms with Crippen molar-refractivity contribution < 1.29 is 19.1 Å². The topological polar surface area (TPSA) is 66.9 Å². The molecule has 0 N–H and O–H groups in total. The van der Waals surface area contributed by atoms with Crippen molar-refractivity contribution in [3.05, 3.63) is 82.8 Å². The van der Waals surface area contributed by atoms with Crippen molar-refractivity contribution in [2.75, 3.05) is 19.6 Å². The van der Waals surface area contributed by atoms with Crippen molar-refractivity contribution in [3.8, 4) is 5.75 Å². The standard InChI is InChI=1S/C28H26N2O4S/c31-26(29-15-7-2-8-16-29)18-30-27(32)25(35-28(30)33)17-23-22-12-6-5-11-21(22)13-14-24(23)34-19-20-9-3-1-4-10-20/h1,3-6,9-14,17H,2,7-8,15-16,18-19H2/b25-17-. The number of thioether (sulfide) groups is 1. The highest BCUT2D eigenvalue weighted by atomic mass is 32.2. The van der Waals surface area contributed by atoms with Gasteiger partial charge in [-0.2, -0.15) is 0 Å².